The van der Waals surface area contributed by atoms with Gasteiger partial charge in [0.05, 0.1) is 10.8 Å². The van der Waals surface area contributed by atoms with Gasteiger partial charge in [0.1, 0.15) is 6.04 Å². The number of benzene rings is 1. The van der Waals surface area contributed by atoms with Crippen LogP contribution in [-0.2, 0) is 9.59 Å². The van der Waals surface area contributed by atoms with Crippen LogP contribution in [0.5, 0.6) is 0 Å². The van der Waals surface area contributed by atoms with Crippen molar-refractivity contribution < 1.29 is 14.5 Å². The fourth-order valence-electron chi connectivity index (χ4n) is 2.34. The molecule has 1 aromatic rings. The number of nitro benzene ring substituents is 1. The van der Waals surface area contributed by atoms with E-state index in [0.29, 0.717) is 23.9 Å². The van der Waals surface area contributed by atoms with Crippen LogP contribution in [0.1, 0.15) is 6.92 Å². The minimum Gasteiger partial charge on any atom is -0.361 e. The smallest absolute Gasteiger partial charge is 0.269 e. The maximum atomic E-state index is 12.0. The van der Waals surface area contributed by atoms with Crippen molar-refractivity contribution in [3.63, 3.8) is 0 Å². The van der Waals surface area contributed by atoms with Gasteiger partial charge >= 0.3 is 0 Å². The first kappa shape index (κ1) is 21.0. The molecule has 10 heteroatoms. The Hall–Kier alpha value is -3.27. The molecule has 0 heterocycles. The first-order chi connectivity index (χ1) is 13.4. The number of rotatable bonds is 8. The number of hydrogen-bond acceptors (Lipinski definition) is 5. The number of hydrogen-bond donors (Lipinski definition) is 4. The molecule has 1 aliphatic carbocycles. The maximum Gasteiger partial charge on any atom is 0.269 e. The predicted molar refractivity (Wildman–Crippen MR) is 110 cm³/mol. The van der Waals surface area contributed by atoms with Gasteiger partial charge in [-0.25, -0.2) is 0 Å². The van der Waals surface area contributed by atoms with E-state index in [9.17, 15) is 19.7 Å². The zero-order chi connectivity index (χ0) is 20.5. The monoisotopic (exact) mass is 403 g/mol. The summed E-state index contributed by atoms with van der Waals surface area (Å²) in [5.74, 6) is -0.852. The van der Waals surface area contributed by atoms with Crippen molar-refractivity contribution >= 4 is 40.5 Å². The number of anilines is 1. The van der Waals surface area contributed by atoms with Crippen LogP contribution in [0.4, 0.5) is 11.4 Å². The van der Waals surface area contributed by atoms with Crippen molar-refractivity contribution in [1.82, 2.24) is 16.0 Å². The number of allylic oxidation sites excluding steroid dienone is 2. The van der Waals surface area contributed by atoms with Gasteiger partial charge in [0, 0.05) is 30.9 Å². The summed E-state index contributed by atoms with van der Waals surface area (Å²) in [6.07, 6.45) is 7.08. The van der Waals surface area contributed by atoms with Crippen molar-refractivity contribution in [3.05, 3.63) is 58.7 Å². The van der Waals surface area contributed by atoms with Crippen LogP contribution in [0.15, 0.2) is 48.6 Å². The van der Waals surface area contributed by atoms with Crippen molar-refractivity contribution in [2.75, 3.05) is 18.4 Å². The lowest BCUT2D eigenvalue weighted by atomic mass is 10.1. The van der Waals surface area contributed by atoms with Crippen LogP contribution in [-0.4, -0.2) is 41.0 Å². The van der Waals surface area contributed by atoms with E-state index in [4.69, 9.17) is 12.2 Å². The molecule has 9 nitrogen and oxygen atoms in total. The highest BCUT2D eigenvalue weighted by atomic mass is 32.1. The number of nitrogens with zero attached hydrogens (tertiary/aromatic N) is 1. The zero-order valence-corrected chi connectivity index (χ0v) is 16.0. The SMILES string of the molecule is C[C@H](NC(=O)C1C=CC=C1)C(=O)NCCNC(=S)Nc1ccc([N+](=O)[O-])cc1. The van der Waals surface area contributed by atoms with Crippen LogP contribution in [0, 0.1) is 16.0 Å². The van der Waals surface area contributed by atoms with Gasteiger partial charge in [-0.2, -0.15) is 0 Å². The first-order valence-electron chi connectivity index (χ1n) is 8.59. The molecule has 0 saturated carbocycles. The molecule has 28 heavy (non-hydrogen) atoms. The summed E-state index contributed by atoms with van der Waals surface area (Å²) in [5, 5.41) is 22.1. The summed E-state index contributed by atoms with van der Waals surface area (Å²) in [5.41, 5.74) is 0.604. The largest absolute Gasteiger partial charge is 0.361 e. The highest BCUT2D eigenvalue weighted by molar-refractivity contribution is 7.80. The van der Waals surface area contributed by atoms with Gasteiger partial charge in [0.15, 0.2) is 5.11 Å². The molecule has 2 amide bonds. The van der Waals surface area contributed by atoms with Gasteiger partial charge in [0.25, 0.3) is 5.69 Å². The van der Waals surface area contributed by atoms with Crippen molar-refractivity contribution in [3.8, 4) is 0 Å². The molecule has 0 fully saturated rings. The van der Waals surface area contributed by atoms with Gasteiger partial charge in [-0.05, 0) is 31.3 Å². The summed E-state index contributed by atoms with van der Waals surface area (Å²) in [6.45, 7) is 2.30. The molecule has 0 unspecified atom stereocenters. The Bertz CT molecular complexity index is 795. The van der Waals surface area contributed by atoms with E-state index in [0.717, 1.165) is 0 Å². The van der Waals surface area contributed by atoms with E-state index in [-0.39, 0.29) is 23.4 Å². The van der Waals surface area contributed by atoms with E-state index in [1.54, 1.807) is 43.4 Å². The molecule has 0 saturated heterocycles. The van der Waals surface area contributed by atoms with Gasteiger partial charge in [-0.1, -0.05) is 24.3 Å². The maximum absolute atomic E-state index is 12.0. The van der Waals surface area contributed by atoms with E-state index >= 15 is 0 Å². The number of nitrogens with one attached hydrogen (secondary N) is 4. The number of nitro groups is 1. The summed E-state index contributed by atoms with van der Waals surface area (Å²) in [4.78, 5) is 34.1. The second-order valence-corrected chi connectivity index (χ2v) is 6.41. The molecular weight excluding hydrogens is 382 g/mol. The molecular formula is C18H21N5O4S. The quantitative estimate of drug-likeness (QED) is 0.223. The third-order valence-corrected chi connectivity index (χ3v) is 4.09. The van der Waals surface area contributed by atoms with Gasteiger partial charge < -0.3 is 21.3 Å². The molecule has 1 atom stereocenters. The van der Waals surface area contributed by atoms with Gasteiger partial charge in [0.2, 0.25) is 11.8 Å². The summed E-state index contributed by atoms with van der Waals surface area (Å²) < 4.78 is 0. The Morgan fingerprint density at radius 3 is 2.36 bits per heavy atom. The fraction of sp³-hybridized carbons (Fsp3) is 0.278. The molecule has 0 spiro atoms. The fourth-order valence-corrected chi connectivity index (χ4v) is 2.56. The van der Waals surface area contributed by atoms with E-state index in [1.165, 1.54) is 12.1 Å². The lowest BCUT2D eigenvalue weighted by molar-refractivity contribution is -0.384. The van der Waals surface area contributed by atoms with Crippen molar-refractivity contribution in [2.45, 2.75) is 13.0 Å². The van der Waals surface area contributed by atoms with Crippen LogP contribution in [0.25, 0.3) is 0 Å². The Labute approximate surface area is 167 Å². The summed E-state index contributed by atoms with van der Waals surface area (Å²) >= 11 is 5.13. The molecule has 0 radical (unpaired) electrons. The lowest BCUT2D eigenvalue weighted by Crippen LogP contribution is -2.47. The van der Waals surface area contributed by atoms with Crippen LogP contribution < -0.4 is 21.3 Å². The second-order valence-electron chi connectivity index (χ2n) is 6.00. The minimum absolute atomic E-state index is 0.00618. The third kappa shape index (κ3) is 6.47. The standard InChI is InChI=1S/C18H21N5O4S/c1-12(21-17(25)13-4-2-3-5-13)16(24)19-10-11-20-18(28)22-14-6-8-15(9-7-14)23(26)27/h2-9,12-13H,10-11H2,1H3,(H,19,24)(H,21,25)(H2,20,22,28)/t12-/m0/s1. The van der Waals surface area contributed by atoms with E-state index < -0.39 is 11.0 Å². The molecule has 1 aliphatic rings. The second kappa shape index (κ2) is 10.2. The molecule has 4 N–H and O–H groups in total. The highest BCUT2D eigenvalue weighted by Gasteiger charge is 2.20. The average molecular weight is 403 g/mol. The molecule has 1 aromatic carbocycles. The summed E-state index contributed by atoms with van der Waals surface area (Å²) in [6, 6.07) is 5.19. The predicted octanol–water partition coefficient (Wildman–Crippen LogP) is 1.24. The molecule has 2 rings (SSSR count). The number of thiocarbonyl (C=S) groups is 1. The highest BCUT2D eigenvalue weighted by Crippen LogP contribution is 2.15. The Kier molecular flexibility index (Phi) is 7.64. The van der Waals surface area contributed by atoms with Crippen LogP contribution in [0.2, 0.25) is 0 Å². The number of non-ortho nitro benzene ring substituents is 1. The topological polar surface area (TPSA) is 125 Å². The first-order valence-corrected chi connectivity index (χ1v) is 9.00. The minimum atomic E-state index is -0.653. The Morgan fingerprint density at radius 1 is 1.14 bits per heavy atom. The average Bonchev–Trinajstić information content (AvgIpc) is 3.20. The number of amides is 2. The Balaban J connectivity index is 1.64. The van der Waals surface area contributed by atoms with E-state index in [2.05, 4.69) is 21.3 Å². The molecule has 0 aromatic heterocycles. The van der Waals surface area contributed by atoms with Crippen LogP contribution in [0.3, 0.4) is 0 Å². The lowest BCUT2D eigenvalue weighted by Gasteiger charge is -2.16. The summed E-state index contributed by atoms with van der Waals surface area (Å²) in [7, 11) is 0. The van der Waals surface area contributed by atoms with Crippen molar-refractivity contribution in [2.24, 2.45) is 5.92 Å². The normalized spacial score (nSPS) is 13.6. The number of carbonyl (C=O) groups excluding carboxylic acids is 2. The van der Waals surface area contributed by atoms with Gasteiger partial charge in [-0.15, -0.1) is 0 Å². The number of carbonyl (C=O) groups is 2. The van der Waals surface area contributed by atoms with Crippen molar-refractivity contribution in [1.29, 1.82) is 0 Å². The van der Waals surface area contributed by atoms with Crippen LogP contribution >= 0.6 is 12.2 Å². The molecule has 0 bridgehead atoms. The molecule has 148 valence electrons. The zero-order valence-electron chi connectivity index (χ0n) is 15.2. The van der Waals surface area contributed by atoms with E-state index in [1.807, 2.05) is 0 Å². The molecule has 0 aliphatic heterocycles. The Morgan fingerprint density at radius 2 is 1.75 bits per heavy atom. The van der Waals surface area contributed by atoms with Gasteiger partial charge in [-0.3, -0.25) is 19.7 Å². The third-order valence-electron chi connectivity index (χ3n) is 3.85.